The molecule has 0 aromatic heterocycles. The number of carbonyl (C=O) groups is 2. The third-order valence-corrected chi connectivity index (χ3v) is 5.67. The maximum absolute atomic E-state index is 13.5. The summed E-state index contributed by atoms with van der Waals surface area (Å²) in [4.78, 5) is 30.4. The Morgan fingerprint density at radius 2 is 1.12 bits per heavy atom. The van der Waals surface area contributed by atoms with Crippen LogP contribution in [0.1, 0.15) is 26.3 Å². The van der Waals surface area contributed by atoms with Crippen molar-refractivity contribution in [2.45, 2.75) is 0 Å². The first-order valence-corrected chi connectivity index (χ1v) is 10.8. The molecule has 0 heterocycles. The number of rotatable bonds is 6. The fraction of sp³-hybridized carbons (Fsp3) is 0.143. The van der Waals surface area contributed by atoms with Crippen LogP contribution in [0.2, 0.25) is 0 Å². The van der Waals surface area contributed by atoms with Gasteiger partial charge in [-0.05, 0) is 71.4 Å². The van der Waals surface area contributed by atoms with E-state index in [0.717, 1.165) is 22.1 Å². The van der Waals surface area contributed by atoms with Crippen LogP contribution >= 0.6 is 0 Å². The molecule has 0 aliphatic rings. The summed E-state index contributed by atoms with van der Waals surface area (Å²) in [6, 6.07) is 26.4. The molecular formula is C28H27N3O2. The summed E-state index contributed by atoms with van der Waals surface area (Å²) in [5.74, 6) is -0.392. The van der Waals surface area contributed by atoms with Crippen LogP contribution in [0.5, 0.6) is 0 Å². The molecular weight excluding hydrogens is 410 g/mol. The van der Waals surface area contributed by atoms with Crippen LogP contribution in [0.4, 0.5) is 17.1 Å². The average molecular weight is 438 g/mol. The summed E-state index contributed by atoms with van der Waals surface area (Å²) in [6.07, 6.45) is 0. The highest BCUT2D eigenvalue weighted by Crippen LogP contribution is 2.28. The summed E-state index contributed by atoms with van der Waals surface area (Å²) in [7, 11) is 7.82. The molecule has 4 aromatic rings. The smallest absolute Gasteiger partial charge is 0.255 e. The average Bonchev–Trinajstić information content (AvgIpc) is 2.83. The fourth-order valence-corrected chi connectivity index (χ4v) is 3.70. The molecule has 0 aliphatic carbocycles. The van der Waals surface area contributed by atoms with Crippen molar-refractivity contribution in [2.75, 3.05) is 43.3 Å². The lowest BCUT2D eigenvalue weighted by Crippen LogP contribution is -2.16. The number of anilines is 3. The molecule has 5 nitrogen and oxygen atoms in total. The molecule has 0 atom stereocenters. The monoisotopic (exact) mass is 437 g/mol. The summed E-state index contributed by atoms with van der Waals surface area (Å²) >= 11 is 0. The van der Waals surface area contributed by atoms with Crippen molar-refractivity contribution < 1.29 is 9.59 Å². The van der Waals surface area contributed by atoms with Gasteiger partial charge in [-0.25, -0.2) is 0 Å². The zero-order valence-corrected chi connectivity index (χ0v) is 19.3. The Hall–Kier alpha value is -4.12. The van der Waals surface area contributed by atoms with E-state index in [0.29, 0.717) is 22.4 Å². The highest BCUT2D eigenvalue weighted by Gasteiger charge is 2.18. The van der Waals surface area contributed by atoms with Crippen LogP contribution in [0, 0.1) is 0 Å². The van der Waals surface area contributed by atoms with Crippen molar-refractivity contribution >= 4 is 39.5 Å². The summed E-state index contributed by atoms with van der Waals surface area (Å²) in [5, 5.41) is 4.86. The lowest BCUT2D eigenvalue weighted by Gasteiger charge is -2.15. The zero-order chi connectivity index (χ0) is 23.5. The van der Waals surface area contributed by atoms with Gasteiger partial charge in [-0.2, -0.15) is 0 Å². The Balaban J connectivity index is 1.71. The van der Waals surface area contributed by atoms with Gasteiger partial charge >= 0.3 is 0 Å². The lowest BCUT2D eigenvalue weighted by molar-refractivity contribution is 0.102. The zero-order valence-electron chi connectivity index (χ0n) is 19.3. The lowest BCUT2D eigenvalue weighted by atomic mass is 9.97. The molecule has 0 radical (unpaired) electrons. The summed E-state index contributed by atoms with van der Waals surface area (Å²) in [6.45, 7) is 0. The van der Waals surface area contributed by atoms with Gasteiger partial charge in [0.1, 0.15) is 0 Å². The minimum atomic E-state index is -0.257. The normalized spacial score (nSPS) is 10.7. The second kappa shape index (κ2) is 9.17. The van der Waals surface area contributed by atoms with E-state index in [9.17, 15) is 9.59 Å². The molecule has 0 fully saturated rings. The number of fused-ring (bicyclic) bond motifs is 1. The van der Waals surface area contributed by atoms with Crippen molar-refractivity contribution in [1.29, 1.82) is 0 Å². The molecule has 4 aromatic carbocycles. The topological polar surface area (TPSA) is 52.7 Å². The number of nitrogens with zero attached hydrogens (tertiary/aromatic N) is 2. The van der Waals surface area contributed by atoms with E-state index in [4.69, 9.17) is 0 Å². The predicted molar refractivity (Wildman–Crippen MR) is 137 cm³/mol. The molecule has 0 saturated carbocycles. The fourth-order valence-electron chi connectivity index (χ4n) is 3.70. The van der Waals surface area contributed by atoms with Gasteiger partial charge in [0, 0.05) is 56.3 Å². The van der Waals surface area contributed by atoms with Gasteiger partial charge in [0.05, 0.1) is 5.69 Å². The third-order valence-electron chi connectivity index (χ3n) is 5.67. The SMILES string of the molecule is CN(C)c1ccc(C(=O)Nc2cc3ccccc3cc2C(=O)c2ccc(N(C)C)cc2)cc1. The van der Waals surface area contributed by atoms with Gasteiger partial charge in [0.15, 0.2) is 5.78 Å². The first-order valence-electron chi connectivity index (χ1n) is 10.8. The molecule has 4 rings (SSSR count). The maximum atomic E-state index is 13.5. The predicted octanol–water partition coefficient (Wildman–Crippen LogP) is 5.46. The van der Waals surface area contributed by atoms with E-state index in [1.165, 1.54) is 0 Å². The molecule has 1 amide bonds. The van der Waals surface area contributed by atoms with E-state index in [-0.39, 0.29) is 11.7 Å². The second-order valence-corrected chi connectivity index (χ2v) is 8.41. The second-order valence-electron chi connectivity index (χ2n) is 8.41. The van der Waals surface area contributed by atoms with E-state index < -0.39 is 0 Å². The van der Waals surface area contributed by atoms with Gasteiger partial charge in [-0.15, -0.1) is 0 Å². The molecule has 166 valence electrons. The Labute approximate surface area is 194 Å². The van der Waals surface area contributed by atoms with Gasteiger partial charge < -0.3 is 15.1 Å². The quantitative estimate of drug-likeness (QED) is 0.407. The van der Waals surface area contributed by atoms with Crippen molar-refractivity contribution in [3.63, 3.8) is 0 Å². The van der Waals surface area contributed by atoms with Crippen LogP contribution in [0.3, 0.4) is 0 Å². The van der Waals surface area contributed by atoms with Crippen LogP contribution in [-0.4, -0.2) is 39.9 Å². The van der Waals surface area contributed by atoms with Crippen LogP contribution in [0.25, 0.3) is 10.8 Å². The first-order chi connectivity index (χ1) is 15.8. The standard InChI is InChI=1S/C28H27N3O2/c1-30(2)23-13-9-19(10-14-23)27(32)25-17-21-7-5-6-8-22(21)18-26(25)29-28(33)20-11-15-24(16-12-20)31(3)4/h5-18H,1-4H3,(H,29,33). The Bertz CT molecular complexity index is 1310. The number of hydrogen-bond donors (Lipinski definition) is 1. The Morgan fingerprint density at radius 1 is 0.636 bits per heavy atom. The molecule has 5 heteroatoms. The van der Waals surface area contributed by atoms with E-state index >= 15 is 0 Å². The van der Waals surface area contributed by atoms with Crippen LogP contribution < -0.4 is 15.1 Å². The van der Waals surface area contributed by atoms with E-state index in [1.807, 2.05) is 111 Å². The molecule has 0 unspecified atom stereocenters. The number of amides is 1. The minimum absolute atomic E-state index is 0.135. The number of carbonyl (C=O) groups excluding carboxylic acids is 2. The molecule has 0 aliphatic heterocycles. The maximum Gasteiger partial charge on any atom is 0.255 e. The van der Waals surface area contributed by atoms with Crippen LogP contribution in [-0.2, 0) is 0 Å². The third kappa shape index (κ3) is 4.72. The van der Waals surface area contributed by atoms with Gasteiger partial charge in [-0.3, -0.25) is 9.59 Å². The number of nitrogens with one attached hydrogen (secondary N) is 1. The van der Waals surface area contributed by atoms with Gasteiger partial charge in [0.25, 0.3) is 5.91 Å². The van der Waals surface area contributed by atoms with E-state index in [1.54, 1.807) is 12.1 Å². The highest BCUT2D eigenvalue weighted by molar-refractivity contribution is 6.17. The van der Waals surface area contributed by atoms with Crippen molar-refractivity contribution in [1.82, 2.24) is 0 Å². The van der Waals surface area contributed by atoms with Gasteiger partial charge in [-0.1, -0.05) is 24.3 Å². The molecule has 0 bridgehead atoms. The van der Waals surface area contributed by atoms with Crippen molar-refractivity contribution in [3.8, 4) is 0 Å². The first kappa shape index (κ1) is 22.1. The number of ketones is 1. The van der Waals surface area contributed by atoms with Crippen molar-refractivity contribution in [3.05, 3.63) is 102 Å². The largest absolute Gasteiger partial charge is 0.378 e. The molecule has 1 N–H and O–H groups in total. The molecule has 0 spiro atoms. The van der Waals surface area contributed by atoms with Gasteiger partial charge in [0.2, 0.25) is 0 Å². The van der Waals surface area contributed by atoms with E-state index in [2.05, 4.69) is 5.32 Å². The summed E-state index contributed by atoms with van der Waals surface area (Å²) in [5.41, 5.74) is 4.08. The highest BCUT2D eigenvalue weighted by atomic mass is 16.1. The summed E-state index contributed by atoms with van der Waals surface area (Å²) < 4.78 is 0. The van der Waals surface area contributed by atoms with Crippen molar-refractivity contribution in [2.24, 2.45) is 0 Å². The molecule has 33 heavy (non-hydrogen) atoms. The minimum Gasteiger partial charge on any atom is -0.378 e. The van der Waals surface area contributed by atoms with Crippen LogP contribution in [0.15, 0.2) is 84.9 Å². The number of benzene rings is 4. The number of hydrogen-bond acceptors (Lipinski definition) is 4. The molecule has 0 saturated heterocycles. The Kier molecular flexibility index (Phi) is 6.13. The Morgan fingerprint density at radius 3 is 1.64 bits per heavy atom.